The van der Waals surface area contributed by atoms with Crippen LogP contribution in [-0.2, 0) is 27.9 Å². The monoisotopic (exact) mass is 1130 g/mol. The fourth-order valence-corrected chi connectivity index (χ4v) is 10.4. The minimum absolute atomic E-state index is 0.0244. The second-order valence-electron chi connectivity index (χ2n) is 24.0. The Kier molecular flexibility index (Phi) is 57.2. The third kappa shape index (κ3) is 60.1. The zero-order chi connectivity index (χ0) is 57.9. The average molecular weight is 1130 g/mol. The van der Waals surface area contributed by atoms with Gasteiger partial charge >= 0.3 is 5.97 Å². The summed E-state index contributed by atoms with van der Waals surface area (Å²) in [5, 5.41) is 3.04. The predicted octanol–water partition coefficient (Wildman–Crippen LogP) is 20.4. The van der Waals surface area contributed by atoms with Crippen LogP contribution in [0.1, 0.15) is 316 Å². The van der Waals surface area contributed by atoms with E-state index in [0.29, 0.717) is 17.4 Å². The van der Waals surface area contributed by atoms with Crippen LogP contribution < -0.4 is 10.2 Å². The first kappa shape index (κ1) is 76.7. The van der Waals surface area contributed by atoms with Crippen LogP contribution in [0, 0.1) is 0 Å². The van der Waals surface area contributed by atoms with E-state index in [2.05, 4.69) is 74.7 Å². The highest BCUT2D eigenvalue weighted by Crippen LogP contribution is 2.38. The number of phosphoric ester groups is 1. The van der Waals surface area contributed by atoms with Crippen molar-refractivity contribution >= 4 is 19.7 Å². The molecule has 0 spiro atoms. The molecule has 0 aliphatic rings. The molecule has 1 amide bonds. The van der Waals surface area contributed by atoms with Crippen molar-refractivity contribution in [3.63, 3.8) is 0 Å². The number of nitrogens with zero attached hydrogens (tertiary/aromatic N) is 1. The van der Waals surface area contributed by atoms with Gasteiger partial charge in [0.15, 0.2) is 0 Å². The molecule has 3 unspecified atom stereocenters. The number of ether oxygens (including phenoxy) is 1. The molecule has 10 heteroatoms. The number of allylic oxidation sites excluding steroid dienone is 9. The van der Waals surface area contributed by atoms with Crippen LogP contribution in [0.25, 0.3) is 0 Å². The summed E-state index contributed by atoms with van der Waals surface area (Å²) in [5.41, 5.74) is 0. The molecule has 0 rings (SSSR count). The smallest absolute Gasteiger partial charge is 0.306 e. The fourth-order valence-electron chi connectivity index (χ4n) is 9.70. The predicted molar refractivity (Wildman–Crippen MR) is 339 cm³/mol. The van der Waals surface area contributed by atoms with Crippen LogP contribution >= 0.6 is 7.82 Å². The van der Waals surface area contributed by atoms with Crippen molar-refractivity contribution in [3.8, 4) is 0 Å². The van der Waals surface area contributed by atoms with Gasteiger partial charge < -0.3 is 28.5 Å². The molecule has 0 aliphatic carbocycles. The number of quaternary nitrogens is 1. The largest absolute Gasteiger partial charge is 0.756 e. The molecule has 0 heterocycles. The lowest BCUT2D eigenvalue weighted by atomic mass is 10.0. The number of nitrogens with one attached hydrogen (secondary N) is 1. The summed E-state index contributed by atoms with van der Waals surface area (Å²) in [6.45, 7) is 6.84. The van der Waals surface area contributed by atoms with Crippen LogP contribution in [0.3, 0.4) is 0 Å². The first-order valence-electron chi connectivity index (χ1n) is 33.6. The molecule has 1 N–H and O–H groups in total. The molecule has 0 aromatic heterocycles. The van der Waals surface area contributed by atoms with Gasteiger partial charge in [0.1, 0.15) is 19.3 Å². The summed E-state index contributed by atoms with van der Waals surface area (Å²) in [4.78, 5) is 40.1. The zero-order valence-electron chi connectivity index (χ0n) is 52.8. The van der Waals surface area contributed by atoms with Crippen LogP contribution in [0.15, 0.2) is 60.8 Å². The molecular formula is C69H129N2O7P. The number of esters is 1. The van der Waals surface area contributed by atoms with E-state index >= 15 is 0 Å². The Labute approximate surface area is 490 Å². The summed E-state index contributed by atoms with van der Waals surface area (Å²) in [7, 11) is 1.18. The maximum atomic E-state index is 13.6. The molecule has 79 heavy (non-hydrogen) atoms. The van der Waals surface area contributed by atoms with E-state index in [1.54, 1.807) is 0 Å². The third-order valence-electron chi connectivity index (χ3n) is 14.9. The first-order valence-corrected chi connectivity index (χ1v) is 35.1. The number of hydrogen-bond acceptors (Lipinski definition) is 7. The van der Waals surface area contributed by atoms with Crippen LogP contribution in [-0.4, -0.2) is 69.4 Å². The molecule has 3 atom stereocenters. The SMILES string of the molecule is CCCCC/C=C\C/C=C\C/C=C\CCCCCCCCCCC(=O)OC(/C=C/CCCCCCCCCCCCC)C(COP(=O)([O-])OCC[N+](C)(C)C)NC(=O)CCCCCCCCCCC/C=C/CCCCCCCC. The lowest BCUT2D eigenvalue weighted by Crippen LogP contribution is -2.47. The molecular weight excluding hydrogens is 1000 g/mol. The topological polar surface area (TPSA) is 114 Å². The van der Waals surface area contributed by atoms with Gasteiger partial charge in [0.05, 0.1) is 33.8 Å². The molecule has 0 aromatic rings. The summed E-state index contributed by atoms with van der Waals surface area (Å²) >= 11 is 0. The van der Waals surface area contributed by atoms with Crippen molar-refractivity contribution in [2.45, 2.75) is 328 Å². The van der Waals surface area contributed by atoms with Gasteiger partial charge in [-0.15, -0.1) is 0 Å². The second kappa shape index (κ2) is 58.9. The van der Waals surface area contributed by atoms with Gasteiger partial charge in [-0.05, 0) is 96.0 Å². The van der Waals surface area contributed by atoms with Crippen molar-refractivity contribution in [3.05, 3.63) is 60.8 Å². The Bertz CT molecular complexity index is 1540. The fraction of sp³-hybridized carbons (Fsp3) is 0.826. The van der Waals surface area contributed by atoms with Gasteiger partial charge in [-0.3, -0.25) is 14.2 Å². The summed E-state index contributed by atoms with van der Waals surface area (Å²) in [6.07, 6.45) is 74.7. The lowest BCUT2D eigenvalue weighted by molar-refractivity contribution is -0.870. The molecule has 0 saturated heterocycles. The number of phosphoric acid groups is 1. The van der Waals surface area contributed by atoms with Gasteiger partial charge in [0, 0.05) is 12.8 Å². The molecule has 0 fully saturated rings. The molecule has 0 bridgehead atoms. The highest BCUT2D eigenvalue weighted by molar-refractivity contribution is 7.45. The number of hydrogen-bond donors (Lipinski definition) is 1. The second-order valence-corrected chi connectivity index (χ2v) is 25.4. The number of carbonyl (C=O) groups excluding carboxylic acids is 2. The highest BCUT2D eigenvalue weighted by atomic mass is 31.2. The van der Waals surface area contributed by atoms with Crippen molar-refractivity contribution in [1.82, 2.24) is 5.32 Å². The number of unbranched alkanes of at least 4 members (excludes halogenated alkanes) is 37. The number of amides is 1. The molecule has 0 aromatic carbocycles. The normalized spacial score (nSPS) is 14.0. The third-order valence-corrected chi connectivity index (χ3v) is 15.9. The standard InChI is InChI=1S/C69H129N2O7P/c1-7-10-13-16-19-22-25-28-30-32-34-35-37-39-41-44-47-50-53-56-59-62-69(73)78-67(60-57-54-51-48-45-42-27-24-21-18-15-12-9-3)66(65-77-79(74,75)76-64-63-71(4,5)6)70-68(72)61-58-55-52-49-46-43-40-38-36-33-31-29-26-23-20-17-14-11-8-2/h19,22,28-31,34-35,57,60,66-67H,7-18,20-21,23-27,32-33,36-56,58-59,61-65H2,1-6H3,(H-,70,72,74,75)/b22-19-,30-28-,31-29+,35-34-,60-57+. The number of carbonyl (C=O) groups is 2. The van der Waals surface area contributed by atoms with Gasteiger partial charge in [-0.1, -0.05) is 268 Å². The Balaban J connectivity index is 5.21. The van der Waals surface area contributed by atoms with E-state index in [1.807, 2.05) is 33.3 Å². The van der Waals surface area contributed by atoms with E-state index in [0.717, 1.165) is 83.5 Å². The molecule has 462 valence electrons. The molecule has 0 saturated carbocycles. The molecule has 0 radical (unpaired) electrons. The first-order chi connectivity index (χ1) is 38.4. The summed E-state index contributed by atoms with van der Waals surface area (Å²) in [5.74, 6) is -0.542. The van der Waals surface area contributed by atoms with E-state index in [1.165, 1.54) is 199 Å². The van der Waals surface area contributed by atoms with E-state index < -0.39 is 26.6 Å². The highest BCUT2D eigenvalue weighted by Gasteiger charge is 2.27. The van der Waals surface area contributed by atoms with Crippen molar-refractivity contribution in [2.75, 3.05) is 40.9 Å². The number of likely N-dealkylation sites (N-methyl/N-ethyl adjacent to an activating group) is 1. The Morgan fingerprint density at radius 1 is 0.443 bits per heavy atom. The van der Waals surface area contributed by atoms with Crippen molar-refractivity contribution < 1.29 is 37.3 Å². The average Bonchev–Trinajstić information content (AvgIpc) is 3.41. The lowest BCUT2D eigenvalue weighted by Gasteiger charge is -2.30. The quantitative estimate of drug-likeness (QED) is 0.0212. The van der Waals surface area contributed by atoms with Crippen LogP contribution in [0.2, 0.25) is 0 Å². The minimum Gasteiger partial charge on any atom is -0.756 e. The van der Waals surface area contributed by atoms with E-state index in [4.69, 9.17) is 13.8 Å². The Hall–Kier alpha value is -2.29. The minimum atomic E-state index is -4.70. The maximum Gasteiger partial charge on any atom is 0.306 e. The molecule has 0 aliphatic heterocycles. The Morgan fingerprint density at radius 3 is 1.19 bits per heavy atom. The maximum absolute atomic E-state index is 13.6. The van der Waals surface area contributed by atoms with Gasteiger partial charge in [-0.2, -0.15) is 0 Å². The van der Waals surface area contributed by atoms with Crippen LogP contribution in [0.5, 0.6) is 0 Å². The molecule has 9 nitrogen and oxygen atoms in total. The van der Waals surface area contributed by atoms with Gasteiger partial charge in [-0.25, -0.2) is 0 Å². The van der Waals surface area contributed by atoms with E-state index in [9.17, 15) is 19.0 Å². The Morgan fingerprint density at radius 2 is 0.772 bits per heavy atom. The summed E-state index contributed by atoms with van der Waals surface area (Å²) < 4.78 is 30.4. The van der Waals surface area contributed by atoms with Crippen molar-refractivity contribution in [1.29, 1.82) is 0 Å². The van der Waals surface area contributed by atoms with Gasteiger partial charge in [0.25, 0.3) is 7.82 Å². The van der Waals surface area contributed by atoms with Crippen LogP contribution in [0.4, 0.5) is 0 Å². The van der Waals surface area contributed by atoms with E-state index in [-0.39, 0.29) is 24.9 Å². The number of rotatable bonds is 61. The summed E-state index contributed by atoms with van der Waals surface area (Å²) in [6, 6.07) is -0.894. The van der Waals surface area contributed by atoms with Gasteiger partial charge in [0.2, 0.25) is 5.91 Å². The zero-order valence-corrected chi connectivity index (χ0v) is 53.7. The van der Waals surface area contributed by atoms with Crippen molar-refractivity contribution in [2.24, 2.45) is 0 Å².